The maximum atomic E-state index is 13.6. The van der Waals surface area contributed by atoms with E-state index in [1.165, 1.54) is 12.4 Å². The topological polar surface area (TPSA) is 63.8 Å². The molecule has 94 valence electrons. The van der Waals surface area contributed by atoms with Crippen LogP contribution >= 0.6 is 0 Å². The lowest BCUT2D eigenvalue weighted by atomic mass is 10.1. The van der Waals surface area contributed by atoms with Gasteiger partial charge in [-0.15, -0.1) is 0 Å². The van der Waals surface area contributed by atoms with E-state index >= 15 is 0 Å². The predicted molar refractivity (Wildman–Crippen MR) is 57.5 cm³/mol. The molecule has 0 spiro atoms. The molecule has 1 heterocycles. The van der Waals surface area contributed by atoms with Crippen LogP contribution < -0.4 is 11.3 Å². The molecule has 0 amide bonds. The average molecular weight is 254 g/mol. The highest BCUT2D eigenvalue weighted by Crippen LogP contribution is 2.24. The van der Waals surface area contributed by atoms with E-state index in [-0.39, 0.29) is 11.4 Å². The van der Waals surface area contributed by atoms with Crippen LogP contribution in [0.1, 0.15) is 17.4 Å². The van der Waals surface area contributed by atoms with Crippen molar-refractivity contribution in [1.82, 2.24) is 15.4 Å². The summed E-state index contributed by atoms with van der Waals surface area (Å²) >= 11 is 0. The van der Waals surface area contributed by atoms with E-state index in [0.717, 1.165) is 12.1 Å². The fourth-order valence-corrected chi connectivity index (χ4v) is 1.53. The van der Waals surface area contributed by atoms with Crippen LogP contribution in [0, 0.1) is 17.5 Å². The second-order valence-corrected chi connectivity index (χ2v) is 3.47. The van der Waals surface area contributed by atoms with Gasteiger partial charge in [-0.2, -0.15) is 0 Å². The summed E-state index contributed by atoms with van der Waals surface area (Å²) in [6.45, 7) is 0. The zero-order chi connectivity index (χ0) is 13.1. The Morgan fingerprint density at radius 2 is 1.72 bits per heavy atom. The van der Waals surface area contributed by atoms with E-state index < -0.39 is 23.5 Å². The van der Waals surface area contributed by atoms with E-state index in [9.17, 15) is 13.2 Å². The Kier molecular flexibility index (Phi) is 3.54. The first-order valence-corrected chi connectivity index (χ1v) is 5.01. The van der Waals surface area contributed by atoms with Crippen molar-refractivity contribution in [3.05, 3.63) is 59.4 Å². The Labute approximate surface area is 101 Å². The number of hydrogen-bond acceptors (Lipinski definition) is 4. The van der Waals surface area contributed by atoms with E-state index in [1.54, 1.807) is 6.07 Å². The van der Waals surface area contributed by atoms with Gasteiger partial charge in [-0.05, 0) is 12.1 Å². The number of rotatable bonds is 3. The molecule has 1 unspecified atom stereocenters. The summed E-state index contributed by atoms with van der Waals surface area (Å²) in [7, 11) is 0. The van der Waals surface area contributed by atoms with Crippen LogP contribution in [0.4, 0.5) is 13.2 Å². The van der Waals surface area contributed by atoms with Gasteiger partial charge in [0.15, 0.2) is 23.3 Å². The number of nitrogens with two attached hydrogens (primary N) is 1. The van der Waals surface area contributed by atoms with Gasteiger partial charge < -0.3 is 0 Å². The van der Waals surface area contributed by atoms with Crippen molar-refractivity contribution in [2.24, 2.45) is 5.84 Å². The fourth-order valence-electron chi connectivity index (χ4n) is 1.53. The van der Waals surface area contributed by atoms with Crippen LogP contribution in [-0.4, -0.2) is 9.97 Å². The number of nitrogens with zero attached hydrogens (tertiary/aromatic N) is 2. The monoisotopic (exact) mass is 254 g/mol. The largest absolute Gasteiger partial charge is 0.270 e. The molecule has 0 fully saturated rings. The molecule has 18 heavy (non-hydrogen) atoms. The maximum absolute atomic E-state index is 13.6. The van der Waals surface area contributed by atoms with Crippen LogP contribution in [0.15, 0.2) is 30.6 Å². The van der Waals surface area contributed by atoms with Gasteiger partial charge in [0, 0.05) is 18.0 Å². The summed E-state index contributed by atoms with van der Waals surface area (Å²) in [5.74, 6) is 1.31. The zero-order valence-corrected chi connectivity index (χ0v) is 9.07. The Bertz CT molecular complexity index is 547. The van der Waals surface area contributed by atoms with Crippen LogP contribution in [0.25, 0.3) is 0 Å². The summed E-state index contributed by atoms with van der Waals surface area (Å²) < 4.78 is 39.6. The van der Waals surface area contributed by atoms with Crippen LogP contribution in [-0.2, 0) is 0 Å². The van der Waals surface area contributed by atoms with E-state index in [2.05, 4.69) is 15.4 Å². The molecule has 0 aliphatic heterocycles. The minimum Gasteiger partial charge on any atom is -0.270 e. The van der Waals surface area contributed by atoms with Gasteiger partial charge in [-0.1, -0.05) is 6.07 Å². The third kappa shape index (κ3) is 2.18. The highest BCUT2D eigenvalue weighted by atomic mass is 19.2. The Hall–Kier alpha value is -1.99. The van der Waals surface area contributed by atoms with Crippen molar-refractivity contribution in [2.75, 3.05) is 0 Å². The first kappa shape index (κ1) is 12.5. The molecular weight excluding hydrogens is 245 g/mol. The number of benzene rings is 1. The molecule has 7 heteroatoms. The summed E-state index contributed by atoms with van der Waals surface area (Å²) in [6.07, 6.45) is 2.87. The van der Waals surface area contributed by atoms with Crippen molar-refractivity contribution in [3.8, 4) is 0 Å². The number of hydrazine groups is 1. The van der Waals surface area contributed by atoms with Crippen LogP contribution in [0.2, 0.25) is 0 Å². The van der Waals surface area contributed by atoms with Gasteiger partial charge in [0.1, 0.15) is 6.04 Å². The third-order valence-corrected chi connectivity index (χ3v) is 2.39. The molecule has 0 aliphatic carbocycles. The van der Waals surface area contributed by atoms with Gasteiger partial charge in [-0.3, -0.25) is 5.84 Å². The normalized spacial score (nSPS) is 12.4. The summed E-state index contributed by atoms with van der Waals surface area (Å²) in [4.78, 5) is 7.77. The SMILES string of the molecule is NNC(c1ncccn1)c1ccc(F)c(F)c1F. The molecule has 1 aromatic carbocycles. The lowest BCUT2D eigenvalue weighted by molar-refractivity contribution is 0.431. The first-order valence-electron chi connectivity index (χ1n) is 5.01. The minimum absolute atomic E-state index is 0.157. The number of aromatic nitrogens is 2. The number of halogens is 3. The molecular formula is C11H9F3N4. The van der Waals surface area contributed by atoms with E-state index in [0.29, 0.717) is 0 Å². The molecule has 2 rings (SSSR count). The maximum Gasteiger partial charge on any atom is 0.194 e. The second kappa shape index (κ2) is 5.11. The van der Waals surface area contributed by atoms with Gasteiger partial charge in [0.25, 0.3) is 0 Å². The lowest BCUT2D eigenvalue weighted by Gasteiger charge is -2.15. The van der Waals surface area contributed by atoms with Gasteiger partial charge in [0.2, 0.25) is 0 Å². The molecule has 0 aliphatic rings. The number of nitrogens with one attached hydrogen (secondary N) is 1. The van der Waals surface area contributed by atoms with Crippen LogP contribution in [0.3, 0.4) is 0 Å². The molecule has 3 N–H and O–H groups in total. The van der Waals surface area contributed by atoms with Crippen LogP contribution in [0.5, 0.6) is 0 Å². The predicted octanol–water partition coefficient (Wildman–Crippen LogP) is 1.45. The molecule has 1 atom stereocenters. The van der Waals surface area contributed by atoms with Gasteiger partial charge >= 0.3 is 0 Å². The fraction of sp³-hybridized carbons (Fsp3) is 0.0909. The highest BCUT2D eigenvalue weighted by Gasteiger charge is 2.23. The van der Waals surface area contributed by atoms with Crippen molar-refractivity contribution in [3.63, 3.8) is 0 Å². The standard InChI is InChI=1S/C11H9F3N4/c12-7-3-2-6(8(13)9(7)14)10(18-15)11-16-4-1-5-17-11/h1-5,10,18H,15H2. The average Bonchev–Trinajstić information content (AvgIpc) is 2.41. The summed E-state index contributed by atoms with van der Waals surface area (Å²) in [5.41, 5.74) is 2.10. The van der Waals surface area contributed by atoms with E-state index in [1.807, 2.05) is 0 Å². The Morgan fingerprint density at radius 1 is 1.06 bits per heavy atom. The number of hydrogen-bond donors (Lipinski definition) is 2. The first-order chi connectivity index (χ1) is 8.65. The molecule has 0 saturated heterocycles. The van der Waals surface area contributed by atoms with E-state index in [4.69, 9.17) is 5.84 Å². The molecule has 4 nitrogen and oxygen atoms in total. The molecule has 0 bridgehead atoms. The Morgan fingerprint density at radius 3 is 2.33 bits per heavy atom. The Balaban J connectivity index is 2.50. The summed E-state index contributed by atoms with van der Waals surface area (Å²) in [5, 5.41) is 0. The zero-order valence-electron chi connectivity index (χ0n) is 9.07. The van der Waals surface area contributed by atoms with Gasteiger partial charge in [0.05, 0.1) is 0 Å². The molecule has 2 aromatic rings. The highest BCUT2D eigenvalue weighted by molar-refractivity contribution is 5.27. The quantitative estimate of drug-likeness (QED) is 0.494. The lowest BCUT2D eigenvalue weighted by Crippen LogP contribution is -2.31. The van der Waals surface area contributed by atoms with Crippen molar-refractivity contribution >= 4 is 0 Å². The second-order valence-electron chi connectivity index (χ2n) is 3.47. The van der Waals surface area contributed by atoms with Gasteiger partial charge in [-0.25, -0.2) is 28.6 Å². The molecule has 0 radical (unpaired) electrons. The molecule has 0 saturated carbocycles. The van der Waals surface area contributed by atoms with Crippen molar-refractivity contribution < 1.29 is 13.2 Å². The molecule has 1 aromatic heterocycles. The third-order valence-electron chi connectivity index (χ3n) is 2.39. The minimum atomic E-state index is -1.55. The summed E-state index contributed by atoms with van der Waals surface area (Å²) in [6, 6.07) is 2.52. The van der Waals surface area contributed by atoms with Crippen molar-refractivity contribution in [2.45, 2.75) is 6.04 Å². The van der Waals surface area contributed by atoms with Crippen molar-refractivity contribution in [1.29, 1.82) is 0 Å². The smallest absolute Gasteiger partial charge is 0.194 e.